The molecular weight excluding hydrogens is 346 g/mol. The smallest absolute Gasteiger partial charge is 0.329 e. The summed E-state index contributed by atoms with van der Waals surface area (Å²) in [5, 5.41) is 9.81. The van der Waals surface area contributed by atoms with Crippen molar-refractivity contribution in [2.45, 2.75) is 53.4 Å². The van der Waals surface area contributed by atoms with E-state index in [0.717, 1.165) is 16.6 Å². The first-order chi connectivity index (χ1) is 12.9. The van der Waals surface area contributed by atoms with Gasteiger partial charge in [0.05, 0.1) is 17.6 Å². The SMILES string of the molecule is CCn1c(=O)n(CC)c2cc(NC(=O)NC(C)Cn3cncn3)c(C)cc21. The van der Waals surface area contributed by atoms with Gasteiger partial charge < -0.3 is 10.6 Å². The number of nitrogens with zero attached hydrogens (tertiary/aromatic N) is 5. The quantitative estimate of drug-likeness (QED) is 0.692. The lowest BCUT2D eigenvalue weighted by Gasteiger charge is -2.15. The number of carbonyl (C=O) groups excluding carboxylic acids is 1. The first kappa shape index (κ1) is 18.7. The molecule has 9 heteroatoms. The van der Waals surface area contributed by atoms with E-state index >= 15 is 0 Å². The van der Waals surface area contributed by atoms with E-state index in [1.165, 1.54) is 6.33 Å². The molecular formula is C18H25N7O2. The number of urea groups is 1. The summed E-state index contributed by atoms with van der Waals surface area (Å²) < 4.78 is 5.13. The molecule has 9 nitrogen and oxygen atoms in total. The number of amides is 2. The Kier molecular flexibility index (Phi) is 5.29. The molecule has 0 radical (unpaired) electrons. The molecule has 0 spiro atoms. The Morgan fingerprint density at radius 3 is 2.44 bits per heavy atom. The van der Waals surface area contributed by atoms with Crippen molar-refractivity contribution in [3.05, 3.63) is 40.8 Å². The monoisotopic (exact) mass is 371 g/mol. The van der Waals surface area contributed by atoms with Crippen LogP contribution in [0.5, 0.6) is 0 Å². The van der Waals surface area contributed by atoms with Gasteiger partial charge in [-0.05, 0) is 45.4 Å². The summed E-state index contributed by atoms with van der Waals surface area (Å²) in [6.45, 7) is 9.41. The van der Waals surface area contributed by atoms with Gasteiger partial charge in [0, 0.05) is 24.8 Å². The maximum Gasteiger partial charge on any atom is 0.329 e. The zero-order valence-corrected chi connectivity index (χ0v) is 16.1. The number of aromatic nitrogens is 5. The molecule has 2 N–H and O–H groups in total. The molecule has 0 bridgehead atoms. The average molecular weight is 371 g/mol. The van der Waals surface area contributed by atoms with Crippen LogP contribution in [0.4, 0.5) is 10.5 Å². The van der Waals surface area contributed by atoms with Gasteiger partial charge in [-0.3, -0.25) is 13.8 Å². The van der Waals surface area contributed by atoms with E-state index in [2.05, 4.69) is 20.7 Å². The number of aryl methyl sites for hydroxylation is 3. The third-order valence-corrected chi connectivity index (χ3v) is 4.55. The Balaban J connectivity index is 1.81. The van der Waals surface area contributed by atoms with Gasteiger partial charge in [-0.15, -0.1) is 0 Å². The molecule has 0 saturated heterocycles. The maximum absolute atomic E-state index is 12.5. The molecule has 1 unspecified atom stereocenters. The fraction of sp³-hybridized carbons (Fsp3) is 0.444. The molecule has 144 valence electrons. The van der Waals surface area contributed by atoms with Crippen molar-refractivity contribution in [1.29, 1.82) is 0 Å². The summed E-state index contributed by atoms with van der Waals surface area (Å²) in [6.07, 6.45) is 3.07. The summed E-state index contributed by atoms with van der Waals surface area (Å²) in [6, 6.07) is 3.39. The first-order valence-electron chi connectivity index (χ1n) is 9.08. The van der Waals surface area contributed by atoms with Crippen LogP contribution in [0.2, 0.25) is 0 Å². The van der Waals surface area contributed by atoms with Crippen LogP contribution in [0, 0.1) is 6.92 Å². The van der Waals surface area contributed by atoms with Crippen molar-refractivity contribution in [2.24, 2.45) is 0 Å². The van der Waals surface area contributed by atoms with E-state index in [0.29, 0.717) is 25.3 Å². The van der Waals surface area contributed by atoms with Crippen molar-refractivity contribution in [2.75, 3.05) is 5.32 Å². The summed E-state index contributed by atoms with van der Waals surface area (Å²) in [7, 11) is 0. The van der Waals surface area contributed by atoms with Crippen LogP contribution in [0.3, 0.4) is 0 Å². The molecule has 0 aliphatic carbocycles. The Morgan fingerprint density at radius 1 is 1.19 bits per heavy atom. The van der Waals surface area contributed by atoms with Crippen molar-refractivity contribution < 1.29 is 4.79 Å². The predicted molar refractivity (Wildman–Crippen MR) is 104 cm³/mol. The number of rotatable bonds is 6. The van der Waals surface area contributed by atoms with Gasteiger partial charge in [0.2, 0.25) is 0 Å². The van der Waals surface area contributed by atoms with E-state index in [-0.39, 0.29) is 17.8 Å². The summed E-state index contributed by atoms with van der Waals surface area (Å²) >= 11 is 0. The van der Waals surface area contributed by atoms with E-state index in [9.17, 15) is 9.59 Å². The van der Waals surface area contributed by atoms with Crippen molar-refractivity contribution >= 4 is 22.8 Å². The van der Waals surface area contributed by atoms with Crippen LogP contribution >= 0.6 is 0 Å². The van der Waals surface area contributed by atoms with Gasteiger partial charge in [0.15, 0.2) is 0 Å². The highest BCUT2D eigenvalue weighted by Crippen LogP contribution is 2.23. The number of fused-ring (bicyclic) bond motifs is 1. The van der Waals surface area contributed by atoms with Gasteiger partial charge in [-0.2, -0.15) is 5.10 Å². The van der Waals surface area contributed by atoms with Gasteiger partial charge in [0.1, 0.15) is 12.7 Å². The second kappa shape index (κ2) is 7.65. The third kappa shape index (κ3) is 3.71. The maximum atomic E-state index is 12.5. The van der Waals surface area contributed by atoms with E-state index in [1.54, 1.807) is 20.1 Å². The van der Waals surface area contributed by atoms with Crippen molar-refractivity contribution in [3.63, 3.8) is 0 Å². The molecule has 1 aromatic carbocycles. The molecule has 0 aliphatic rings. The average Bonchev–Trinajstić information content (AvgIpc) is 3.20. The minimum Gasteiger partial charge on any atom is -0.334 e. The zero-order chi connectivity index (χ0) is 19.6. The van der Waals surface area contributed by atoms with Gasteiger partial charge >= 0.3 is 11.7 Å². The molecule has 2 amide bonds. The number of nitrogens with one attached hydrogen (secondary N) is 2. The van der Waals surface area contributed by atoms with Crippen LogP contribution in [0.25, 0.3) is 11.0 Å². The molecule has 2 aromatic heterocycles. The van der Waals surface area contributed by atoms with Crippen molar-refractivity contribution in [3.8, 4) is 0 Å². The predicted octanol–water partition coefficient (Wildman–Crippen LogP) is 1.95. The van der Waals surface area contributed by atoms with Crippen LogP contribution in [-0.4, -0.2) is 36.0 Å². The molecule has 0 saturated carbocycles. The fourth-order valence-corrected chi connectivity index (χ4v) is 3.25. The summed E-state index contributed by atoms with van der Waals surface area (Å²) in [5.41, 5.74) is 3.26. The van der Waals surface area contributed by atoms with Gasteiger partial charge in [-0.1, -0.05) is 0 Å². The van der Waals surface area contributed by atoms with E-state index in [1.807, 2.05) is 39.8 Å². The lowest BCUT2D eigenvalue weighted by atomic mass is 10.1. The molecule has 1 atom stereocenters. The molecule has 2 heterocycles. The van der Waals surface area contributed by atoms with Crippen molar-refractivity contribution in [1.82, 2.24) is 29.2 Å². The Labute approximate surface area is 157 Å². The third-order valence-electron chi connectivity index (χ3n) is 4.55. The number of benzene rings is 1. The number of hydrogen-bond donors (Lipinski definition) is 2. The molecule has 27 heavy (non-hydrogen) atoms. The molecule has 0 fully saturated rings. The van der Waals surface area contributed by atoms with E-state index < -0.39 is 0 Å². The second-order valence-corrected chi connectivity index (χ2v) is 6.54. The van der Waals surface area contributed by atoms with Crippen LogP contribution in [0.15, 0.2) is 29.6 Å². The highest BCUT2D eigenvalue weighted by atomic mass is 16.2. The molecule has 3 aromatic rings. The minimum atomic E-state index is -0.301. The second-order valence-electron chi connectivity index (χ2n) is 6.54. The van der Waals surface area contributed by atoms with Crippen LogP contribution < -0.4 is 16.3 Å². The number of hydrogen-bond acceptors (Lipinski definition) is 4. The number of anilines is 1. The number of carbonyl (C=O) groups is 1. The van der Waals surface area contributed by atoms with Gasteiger partial charge in [-0.25, -0.2) is 14.6 Å². The first-order valence-corrected chi connectivity index (χ1v) is 9.08. The Morgan fingerprint density at radius 2 is 1.85 bits per heavy atom. The number of imidazole rings is 1. The molecule has 3 rings (SSSR count). The summed E-state index contributed by atoms with van der Waals surface area (Å²) in [5.74, 6) is 0. The highest BCUT2D eigenvalue weighted by Gasteiger charge is 2.15. The normalized spacial score (nSPS) is 12.3. The zero-order valence-electron chi connectivity index (χ0n) is 16.1. The lowest BCUT2D eigenvalue weighted by Crippen LogP contribution is -2.38. The Bertz CT molecular complexity index is 1000. The Hall–Kier alpha value is -3.10. The topological polar surface area (TPSA) is 98.8 Å². The van der Waals surface area contributed by atoms with Gasteiger partial charge in [0.25, 0.3) is 0 Å². The minimum absolute atomic E-state index is 0.0301. The molecule has 0 aliphatic heterocycles. The van der Waals surface area contributed by atoms with E-state index in [4.69, 9.17) is 0 Å². The summed E-state index contributed by atoms with van der Waals surface area (Å²) in [4.78, 5) is 28.8. The largest absolute Gasteiger partial charge is 0.334 e. The standard InChI is InChI=1S/C18H25N7O2/c1-5-24-15-7-12(3)14(8-16(15)25(6-2)18(24)27)22-17(26)21-13(4)9-23-11-19-10-20-23/h7-8,10-11,13H,5-6,9H2,1-4H3,(H2,21,22,26). The van der Waals surface area contributed by atoms with Crippen LogP contribution in [0.1, 0.15) is 26.3 Å². The highest BCUT2D eigenvalue weighted by molar-refractivity contribution is 5.93. The van der Waals surface area contributed by atoms with Crippen LogP contribution in [-0.2, 0) is 19.6 Å². The lowest BCUT2D eigenvalue weighted by molar-refractivity contribution is 0.247. The fourth-order valence-electron chi connectivity index (χ4n) is 3.25.